The van der Waals surface area contributed by atoms with Gasteiger partial charge in [0.05, 0.1) is 17.6 Å². The SMILES string of the molecule is Clc1ccccc1Cn1c(COc2cccc3ccccc23)nc2ccccc21. The van der Waals surface area contributed by atoms with Gasteiger partial charge in [-0.2, -0.15) is 0 Å². The van der Waals surface area contributed by atoms with Crippen molar-refractivity contribution in [2.45, 2.75) is 13.2 Å². The fourth-order valence-electron chi connectivity index (χ4n) is 3.67. The van der Waals surface area contributed by atoms with Gasteiger partial charge in [-0.15, -0.1) is 0 Å². The Morgan fingerprint density at radius 1 is 0.793 bits per heavy atom. The second kappa shape index (κ2) is 7.61. The van der Waals surface area contributed by atoms with Gasteiger partial charge in [-0.25, -0.2) is 4.98 Å². The summed E-state index contributed by atoms with van der Waals surface area (Å²) in [5.74, 6) is 1.73. The molecule has 4 aromatic carbocycles. The van der Waals surface area contributed by atoms with E-state index in [1.54, 1.807) is 0 Å². The molecule has 142 valence electrons. The van der Waals surface area contributed by atoms with Gasteiger partial charge in [0.25, 0.3) is 0 Å². The summed E-state index contributed by atoms with van der Waals surface area (Å²) in [7, 11) is 0. The van der Waals surface area contributed by atoms with Gasteiger partial charge in [0.1, 0.15) is 18.2 Å². The maximum Gasteiger partial charge on any atom is 0.148 e. The summed E-state index contributed by atoms with van der Waals surface area (Å²) < 4.78 is 8.41. The lowest BCUT2D eigenvalue weighted by molar-refractivity contribution is 0.295. The van der Waals surface area contributed by atoms with Crippen molar-refractivity contribution < 1.29 is 4.74 Å². The van der Waals surface area contributed by atoms with Crippen LogP contribution in [0.4, 0.5) is 0 Å². The second-order valence-electron chi connectivity index (χ2n) is 6.96. The molecule has 0 aliphatic carbocycles. The van der Waals surface area contributed by atoms with Crippen LogP contribution in [0.3, 0.4) is 0 Å². The Hall–Kier alpha value is -3.30. The van der Waals surface area contributed by atoms with Gasteiger partial charge in [0.2, 0.25) is 0 Å². The zero-order valence-electron chi connectivity index (χ0n) is 15.8. The highest BCUT2D eigenvalue weighted by Gasteiger charge is 2.13. The normalized spacial score (nSPS) is 11.2. The van der Waals surface area contributed by atoms with E-state index >= 15 is 0 Å². The molecule has 3 nitrogen and oxygen atoms in total. The van der Waals surface area contributed by atoms with Gasteiger partial charge in [-0.05, 0) is 35.2 Å². The van der Waals surface area contributed by atoms with E-state index in [1.165, 1.54) is 0 Å². The summed E-state index contributed by atoms with van der Waals surface area (Å²) >= 11 is 6.42. The minimum Gasteiger partial charge on any atom is -0.485 e. The predicted octanol–water partition coefficient (Wildman–Crippen LogP) is 6.47. The van der Waals surface area contributed by atoms with E-state index in [1.807, 2.05) is 66.7 Å². The maximum absolute atomic E-state index is 6.42. The average molecular weight is 399 g/mol. The second-order valence-corrected chi connectivity index (χ2v) is 7.37. The molecule has 5 aromatic rings. The smallest absolute Gasteiger partial charge is 0.148 e. The van der Waals surface area contributed by atoms with Crippen molar-refractivity contribution in [2.75, 3.05) is 0 Å². The summed E-state index contributed by atoms with van der Waals surface area (Å²) in [6.45, 7) is 1.03. The number of imidazole rings is 1. The average Bonchev–Trinajstić information content (AvgIpc) is 3.11. The molecular weight excluding hydrogens is 380 g/mol. The first-order valence-electron chi connectivity index (χ1n) is 9.58. The highest BCUT2D eigenvalue weighted by atomic mass is 35.5. The van der Waals surface area contributed by atoms with Crippen LogP contribution in [-0.4, -0.2) is 9.55 Å². The summed E-state index contributed by atoms with van der Waals surface area (Å²) in [6, 6.07) is 30.4. The van der Waals surface area contributed by atoms with E-state index < -0.39 is 0 Å². The largest absolute Gasteiger partial charge is 0.485 e. The van der Waals surface area contributed by atoms with Crippen LogP contribution in [0.5, 0.6) is 5.75 Å². The number of benzene rings is 4. The van der Waals surface area contributed by atoms with Crippen LogP contribution in [-0.2, 0) is 13.2 Å². The maximum atomic E-state index is 6.42. The molecule has 0 aliphatic rings. The number of aromatic nitrogens is 2. The molecule has 5 rings (SSSR count). The number of ether oxygens (including phenoxy) is 1. The molecule has 0 fully saturated rings. The van der Waals surface area contributed by atoms with Crippen LogP contribution in [0.2, 0.25) is 5.02 Å². The fraction of sp³-hybridized carbons (Fsp3) is 0.0800. The van der Waals surface area contributed by atoms with Gasteiger partial charge in [0.15, 0.2) is 0 Å². The van der Waals surface area contributed by atoms with E-state index in [0.29, 0.717) is 13.2 Å². The molecule has 0 spiro atoms. The van der Waals surface area contributed by atoms with Crippen LogP contribution >= 0.6 is 11.6 Å². The predicted molar refractivity (Wildman–Crippen MR) is 119 cm³/mol. The Bertz CT molecular complexity index is 1300. The van der Waals surface area contributed by atoms with Crippen molar-refractivity contribution in [1.29, 1.82) is 0 Å². The molecule has 0 unspecified atom stereocenters. The molecule has 4 heteroatoms. The van der Waals surface area contributed by atoms with Gasteiger partial charge in [-0.3, -0.25) is 0 Å². The van der Waals surface area contributed by atoms with Gasteiger partial charge in [-0.1, -0.05) is 78.3 Å². The lowest BCUT2D eigenvalue weighted by atomic mass is 10.1. The number of halogens is 1. The van der Waals surface area contributed by atoms with Gasteiger partial charge >= 0.3 is 0 Å². The number of nitrogens with zero attached hydrogens (tertiary/aromatic N) is 2. The first-order valence-corrected chi connectivity index (χ1v) is 9.95. The van der Waals surface area contributed by atoms with E-state index in [0.717, 1.165) is 44.0 Å². The van der Waals surface area contributed by atoms with Crippen LogP contribution in [0, 0.1) is 0 Å². The Morgan fingerprint density at radius 2 is 1.55 bits per heavy atom. The molecule has 0 radical (unpaired) electrons. The highest BCUT2D eigenvalue weighted by molar-refractivity contribution is 6.31. The molecule has 1 aromatic heterocycles. The Kier molecular flexibility index (Phi) is 4.66. The zero-order chi connectivity index (χ0) is 19.6. The number of hydrogen-bond donors (Lipinski definition) is 0. The fourth-order valence-corrected chi connectivity index (χ4v) is 3.87. The monoisotopic (exact) mass is 398 g/mol. The van der Waals surface area contributed by atoms with Crippen molar-refractivity contribution >= 4 is 33.4 Å². The highest BCUT2D eigenvalue weighted by Crippen LogP contribution is 2.27. The van der Waals surface area contributed by atoms with Crippen molar-refractivity contribution in [3.63, 3.8) is 0 Å². The molecule has 0 saturated carbocycles. The lowest BCUT2D eigenvalue weighted by Crippen LogP contribution is -2.09. The summed E-state index contributed by atoms with van der Waals surface area (Å²) in [4.78, 5) is 4.83. The Labute approximate surface area is 174 Å². The number of hydrogen-bond acceptors (Lipinski definition) is 2. The lowest BCUT2D eigenvalue weighted by Gasteiger charge is -2.13. The molecule has 0 bridgehead atoms. The molecule has 0 N–H and O–H groups in total. The Morgan fingerprint density at radius 3 is 2.48 bits per heavy atom. The topological polar surface area (TPSA) is 27.1 Å². The number of para-hydroxylation sites is 2. The van der Waals surface area contributed by atoms with E-state index in [2.05, 4.69) is 28.8 Å². The van der Waals surface area contributed by atoms with Crippen molar-refractivity contribution in [3.8, 4) is 5.75 Å². The quantitative estimate of drug-likeness (QED) is 0.339. The molecule has 1 heterocycles. The third kappa shape index (κ3) is 3.45. The summed E-state index contributed by atoms with van der Waals surface area (Å²) in [5.41, 5.74) is 3.09. The third-order valence-corrected chi connectivity index (χ3v) is 5.50. The molecule has 29 heavy (non-hydrogen) atoms. The standard InChI is InChI=1S/C25H19ClN2O/c26-21-12-4-2-9-19(21)16-28-23-14-6-5-13-22(23)27-25(28)17-29-24-15-7-10-18-8-1-3-11-20(18)24/h1-15H,16-17H2. The molecule has 0 saturated heterocycles. The van der Waals surface area contributed by atoms with Crippen LogP contribution < -0.4 is 4.74 Å². The van der Waals surface area contributed by atoms with E-state index in [4.69, 9.17) is 21.3 Å². The van der Waals surface area contributed by atoms with Gasteiger partial charge in [0, 0.05) is 10.4 Å². The van der Waals surface area contributed by atoms with Gasteiger partial charge < -0.3 is 9.30 Å². The molecule has 0 atom stereocenters. The number of rotatable bonds is 5. The summed E-state index contributed by atoms with van der Waals surface area (Å²) in [6.07, 6.45) is 0. The third-order valence-electron chi connectivity index (χ3n) is 5.13. The first-order chi connectivity index (χ1) is 14.3. The zero-order valence-corrected chi connectivity index (χ0v) is 16.5. The van der Waals surface area contributed by atoms with Crippen molar-refractivity contribution in [3.05, 3.63) is 107 Å². The van der Waals surface area contributed by atoms with Crippen LogP contribution in [0.15, 0.2) is 91.0 Å². The van der Waals surface area contributed by atoms with E-state index in [-0.39, 0.29) is 0 Å². The first kappa shape index (κ1) is 17.8. The van der Waals surface area contributed by atoms with Crippen LogP contribution in [0.25, 0.3) is 21.8 Å². The Balaban J connectivity index is 1.52. The minimum atomic E-state index is 0.382. The van der Waals surface area contributed by atoms with Crippen molar-refractivity contribution in [2.24, 2.45) is 0 Å². The molecule has 0 aliphatic heterocycles. The minimum absolute atomic E-state index is 0.382. The molecule has 0 amide bonds. The molecular formula is C25H19ClN2O. The summed E-state index contributed by atoms with van der Waals surface area (Å²) in [5, 5.41) is 3.02. The van der Waals surface area contributed by atoms with Crippen LogP contribution in [0.1, 0.15) is 11.4 Å². The van der Waals surface area contributed by atoms with Crippen molar-refractivity contribution in [1.82, 2.24) is 9.55 Å². The number of fused-ring (bicyclic) bond motifs is 2. The van der Waals surface area contributed by atoms with E-state index in [9.17, 15) is 0 Å².